The third-order valence-electron chi connectivity index (χ3n) is 2.13. The quantitative estimate of drug-likeness (QED) is 0.197. The van der Waals surface area contributed by atoms with Gasteiger partial charge in [-0.25, -0.2) is 4.79 Å². The summed E-state index contributed by atoms with van der Waals surface area (Å²) in [4.78, 5) is 22.8. The van der Waals surface area contributed by atoms with Crippen LogP contribution < -0.4 is 40.3 Å². The molecule has 0 N–H and O–H groups in total. The molecular formula is C12H7NaO4. The second kappa shape index (κ2) is 5.82. The number of allylic oxidation sites excluding steroid dienone is 1. The first-order valence-electron chi connectivity index (χ1n) is 4.58. The Morgan fingerprint density at radius 3 is 2.71 bits per heavy atom. The molecule has 1 aromatic carbocycles. The van der Waals surface area contributed by atoms with Crippen LogP contribution in [-0.2, 0) is 0 Å². The summed E-state index contributed by atoms with van der Waals surface area (Å²) in [6.07, 6.45) is 1.14. The van der Waals surface area contributed by atoms with E-state index in [0.717, 1.165) is 6.08 Å². The predicted molar refractivity (Wildman–Crippen MR) is 56.0 cm³/mol. The number of para-hydroxylation sites is 1. The van der Waals surface area contributed by atoms with Crippen LogP contribution in [-0.4, -0.2) is 5.78 Å². The summed E-state index contributed by atoms with van der Waals surface area (Å²) in [6.45, 7) is 0. The van der Waals surface area contributed by atoms with E-state index in [1.807, 2.05) is 0 Å². The van der Waals surface area contributed by atoms with Crippen LogP contribution in [0.5, 0.6) is 0 Å². The number of benzene rings is 1. The Balaban J connectivity index is 0.00000144. The standard InChI is InChI=1S/C12H8O4.Na/c13-6-5-10(14)9-7-8-3-1-2-4-11(8)16-12(9)15;/h1-7,13H;/q;+1/p-1. The van der Waals surface area contributed by atoms with E-state index in [1.54, 1.807) is 24.3 Å². The average Bonchev–Trinajstić information content (AvgIpc) is 2.28. The van der Waals surface area contributed by atoms with E-state index in [4.69, 9.17) is 4.42 Å². The molecular weight excluding hydrogens is 231 g/mol. The number of fused-ring (bicyclic) bond motifs is 1. The molecule has 0 aliphatic rings. The van der Waals surface area contributed by atoms with Crippen molar-refractivity contribution in [2.24, 2.45) is 0 Å². The first kappa shape index (κ1) is 13.7. The van der Waals surface area contributed by atoms with Crippen molar-refractivity contribution >= 4 is 16.8 Å². The molecule has 4 nitrogen and oxygen atoms in total. The van der Waals surface area contributed by atoms with E-state index in [-0.39, 0.29) is 35.1 Å². The van der Waals surface area contributed by atoms with Crippen molar-refractivity contribution in [1.29, 1.82) is 0 Å². The predicted octanol–water partition coefficient (Wildman–Crippen LogP) is -2.15. The van der Waals surface area contributed by atoms with E-state index >= 15 is 0 Å². The van der Waals surface area contributed by atoms with E-state index in [0.29, 0.717) is 17.2 Å². The largest absolute Gasteiger partial charge is 1.00 e. The molecule has 80 valence electrons. The van der Waals surface area contributed by atoms with Crippen LogP contribution in [0.4, 0.5) is 0 Å². The fraction of sp³-hybridized carbons (Fsp3) is 0. The van der Waals surface area contributed by atoms with Gasteiger partial charge in [0.05, 0.1) is 0 Å². The summed E-state index contributed by atoms with van der Waals surface area (Å²) in [7, 11) is 0. The van der Waals surface area contributed by atoms with Crippen molar-refractivity contribution in [1.82, 2.24) is 0 Å². The van der Waals surface area contributed by atoms with Gasteiger partial charge >= 0.3 is 35.2 Å². The topological polar surface area (TPSA) is 70.3 Å². The van der Waals surface area contributed by atoms with Gasteiger partial charge < -0.3 is 9.52 Å². The molecule has 1 heterocycles. The molecule has 17 heavy (non-hydrogen) atoms. The summed E-state index contributed by atoms with van der Waals surface area (Å²) < 4.78 is 4.95. The number of hydrogen-bond donors (Lipinski definition) is 0. The third-order valence-corrected chi connectivity index (χ3v) is 2.13. The van der Waals surface area contributed by atoms with E-state index < -0.39 is 11.4 Å². The van der Waals surface area contributed by atoms with Gasteiger partial charge in [0.2, 0.25) is 0 Å². The summed E-state index contributed by atoms with van der Waals surface area (Å²) in [5, 5.41) is 10.8. The fourth-order valence-electron chi connectivity index (χ4n) is 1.39. The Bertz CT molecular complexity index is 628. The molecule has 0 unspecified atom stereocenters. The zero-order valence-corrected chi connectivity index (χ0v) is 11.2. The van der Waals surface area contributed by atoms with Gasteiger partial charge in [0.1, 0.15) is 11.1 Å². The van der Waals surface area contributed by atoms with Gasteiger partial charge in [0.15, 0.2) is 5.78 Å². The number of carbonyl (C=O) groups excluding carboxylic acids is 1. The van der Waals surface area contributed by atoms with Gasteiger partial charge in [-0.1, -0.05) is 18.2 Å². The van der Waals surface area contributed by atoms with E-state index in [1.165, 1.54) is 6.07 Å². The molecule has 0 aliphatic carbocycles. The van der Waals surface area contributed by atoms with Crippen molar-refractivity contribution in [3.63, 3.8) is 0 Å². The first-order chi connectivity index (χ1) is 7.72. The summed E-state index contributed by atoms with van der Waals surface area (Å²) in [5.41, 5.74) is -0.456. The van der Waals surface area contributed by atoms with Gasteiger partial charge in [0, 0.05) is 5.39 Å². The van der Waals surface area contributed by atoms with Gasteiger partial charge in [-0.3, -0.25) is 4.79 Å². The molecule has 0 atom stereocenters. The number of ketones is 1. The minimum Gasteiger partial charge on any atom is -0.878 e. The Morgan fingerprint density at radius 1 is 1.29 bits per heavy atom. The van der Waals surface area contributed by atoms with Crippen LogP contribution in [0.15, 0.2) is 51.9 Å². The van der Waals surface area contributed by atoms with Crippen LogP contribution >= 0.6 is 0 Å². The molecule has 0 amide bonds. The Morgan fingerprint density at radius 2 is 2.00 bits per heavy atom. The number of carbonyl (C=O) groups is 1. The van der Waals surface area contributed by atoms with Crippen molar-refractivity contribution in [2.75, 3.05) is 0 Å². The molecule has 5 heteroatoms. The normalized spacial score (nSPS) is 10.4. The zero-order valence-electron chi connectivity index (χ0n) is 9.17. The second-order valence-electron chi connectivity index (χ2n) is 3.15. The molecule has 0 radical (unpaired) electrons. The molecule has 0 spiro atoms. The molecule has 0 fully saturated rings. The van der Waals surface area contributed by atoms with Gasteiger partial charge in [-0.2, -0.15) is 0 Å². The molecule has 0 bridgehead atoms. The van der Waals surface area contributed by atoms with Gasteiger partial charge in [-0.15, -0.1) is 6.26 Å². The van der Waals surface area contributed by atoms with Crippen LogP contribution in [0.2, 0.25) is 0 Å². The first-order valence-corrected chi connectivity index (χ1v) is 4.58. The Labute approximate surface area is 119 Å². The monoisotopic (exact) mass is 238 g/mol. The number of rotatable bonds is 2. The SMILES string of the molecule is O=C(C=C[O-])c1cc2ccccc2oc1=O.[Na+]. The van der Waals surface area contributed by atoms with Crippen LogP contribution in [0.3, 0.4) is 0 Å². The fourth-order valence-corrected chi connectivity index (χ4v) is 1.39. The zero-order chi connectivity index (χ0) is 11.5. The van der Waals surface area contributed by atoms with E-state index in [9.17, 15) is 14.7 Å². The maximum atomic E-state index is 11.4. The minimum absolute atomic E-state index is 0. The van der Waals surface area contributed by atoms with E-state index in [2.05, 4.69) is 0 Å². The molecule has 2 aromatic rings. The second-order valence-corrected chi connectivity index (χ2v) is 3.15. The summed E-state index contributed by atoms with van der Waals surface area (Å²) in [5.74, 6) is -0.644. The van der Waals surface area contributed by atoms with Crippen molar-refractivity contribution in [3.05, 3.63) is 58.7 Å². The third kappa shape index (κ3) is 2.85. The Kier molecular flexibility index (Phi) is 4.69. The maximum Gasteiger partial charge on any atom is 1.00 e. The van der Waals surface area contributed by atoms with Crippen LogP contribution in [0, 0.1) is 0 Å². The molecule has 0 saturated heterocycles. The van der Waals surface area contributed by atoms with Crippen LogP contribution in [0.1, 0.15) is 10.4 Å². The number of hydrogen-bond acceptors (Lipinski definition) is 4. The molecule has 0 saturated carbocycles. The molecule has 0 aliphatic heterocycles. The minimum atomic E-state index is -0.734. The van der Waals surface area contributed by atoms with Gasteiger partial charge in [-0.05, 0) is 18.2 Å². The molecule has 1 aromatic heterocycles. The van der Waals surface area contributed by atoms with Crippen molar-refractivity contribution in [2.45, 2.75) is 0 Å². The maximum absolute atomic E-state index is 11.4. The Hall–Kier alpha value is -1.36. The summed E-state index contributed by atoms with van der Waals surface area (Å²) in [6, 6.07) is 8.26. The molecule has 2 rings (SSSR count). The smallest absolute Gasteiger partial charge is 0.878 e. The summed E-state index contributed by atoms with van der Waals surface area (Å²) >= 11 is 0. The van der Waals surface area contributed by atoms with Crippen LogP contribution in [0.25, 0.3) is 11.0 Å². The van der Waals surface area contributed by atoms with Crippen molar-refractivity contribution in [3.8, 4) is 0 Å². The van der Waals surface area contributed by atoms with Crippen molar-refractivity contribution < 1.29 is 43.9 Å². The average molecular weight is 238 g/mol. The van der Waals surface area contributed by atoms with Gasteiger partial charge in [0.25, 0.3) is 0 Å².